The van der Waals surface area contributed by atoms with Crippen LogP contribution in [0.2, 0.25) is 0 Å². The van der Waals surface area contributed by atoms with Gasteiger partial charge in [-0.25, -0.2) is 15.0 Å². The lowest BCUT2D eigenvalue weighted by Gasteiger charge is -2.13. The minimum Gasteiger partial charge on any atom is -0.437 e. The van der Waals surface area contributed by atoms with Gasteiger partial charge in [-0.1, -0.05) is 42.5 Å². The number of nitrogens with zero attached hydrogens (tertiary/aromatic N) is 3. The van der Waals surface area contributed by atoms with Crippen molar-refractivity contribution >= 4 is 11.6 Å². The number of carbonyl (C=O) groups excluding carboxylic acids is 1. The van der Waals surface area contributed by atoms with Crippen molar-refractivity contribution in [3.8, 4) is 23.0 Å². The third kappa shape index (κ3) is 4.17. The van der Waals surface area contributed by atoms with Crippen LogP contribution in [0.5, 0.6) is 11.6 Å². The topological polar surface area (TPSA) is 77.0 Å². The van der Waals surface area contributed by atoms with Gasteiger partial charge in [0.15, 0.2) is 5.82 Å². The monoisotopic (exact) mass is 396 g/mol. The summed E-state index contributed by atoms with van der Waals surface area (Å²) < 4.78 is 5.98. The molecule has 0 atom stereocenters. The Kier molecular flexibility index (Phi) is 5.48. The van der Waals surface area contributed by atoms with E-state index in [1.165, 1.54) is 12.4 Å². The molecule has 0 fully saturated rings. The summed E-state index contributed by atoms with van der Waals surface area (Å²) in [7, 11) is 0. The van der Waals surface area contributed by atoms with Crippen LogP contribution >= 0.6 is 0 Å². The van der Waals surface area contributed by atoms with E-state index in [-0.39, 0.29) is 5.91 Å². The van der Waals surface area contributed by atoms with E-state index >= 15 is 0 Å². The fourth-order valence-electron chi connectivity index (χ4n) is 2.88. The van der Waals surface area contributed by atoms with E-state index in [9.17, 15) is 4.79 Å². The van der Waals surface area contributed by atoms with Crippen molar-refractivity contribution < 1.29 is 9.53 Å². The van der Waals surface area contributed by atoms with Crippen molar-refractivity contribution in [2.45, 2.75) is 13.8 Å². The van der Waals surface area contributed by atoms with Gasteiger partial charge in [0, 0.05) is 24.2 Å². The van der Waals surface area contributed by atoms with Crippen LogP contribution in [0.15, 0.2) is 79.3 Å². The Balaban J connectivity index is 1.53. The lowest BCUT2D eigenvalue weighted by atomic mass is 10.1. The number of hydrogen-bond acceptors (Lipinski definition) is 5. The van der Waals surface area contributed by atoms with Gasteiger partial charge in [0.25, 0.3) is 5.91 Å². The van der Waals surface area contributed by atoms with Crippen LogP contribution in [0.1, 0.15) is 21.5 Å². The standard InChI is InChI=1S/C24H20N4O2/c1-16-8-6-12-21(17(16)2)30-24-20(11-7-13-25-24)28-23(29)19-14-26-22(27-15-19)18-9-4-3-5-10-18/h3-15H,1-2H3,(H,28,29). The first-order valence-corrected chi connectivity index (χ1v) is 9.50. The molecule has 0 aliphatic rings. The number of aromatic nitrogens is 3. The number of anilines is 1. The SMILES string of the molecule is Cc1cccc(Oc2ncccc2NC(=O)c2cnc(-c3ccccc3)nc2)c1C. The van der Waals surface area contributed by atoms with Gasteiger partial charge in [0.2, 0.25) is 5.88 Å². The van der Waals surface area contributed by atoms with Crippen molar-refractivity contribution in [1.29, 1.82) is 0 Å². The van der Waals surface area contributed by atoms with Gasteiger partial charge >= 0.3 is 0 Å². The fourth-order valence-corrected chi connectivity index (χ4v) is 2.88. The maximum Gasteiger partial charge on any atom is 0.258 e. The molecule has 30 heavy (non-hydrogen) atoms. The molecule has 0 saturated heterocycles. The Morgan fingerprint density at radius 2 is 1.63 bits per heavy atom. The number of rotatable bonds is 5. The summed E-state index contributed by atoms with van der Waals surface area (Å²) in [4.78, 5) is 25.6. The van der Waals surface area contributed by atoms with Crippen molar-refractivity contribution in [1.82, 2.24) is 15.0 Å². The van der Waals surface area contributed by atoms with E-state index in [2.05, 4.69) is 20.3 Å². The van der Waals surface area contributed by atoms with Gasteiger partial charge < -0.3 is 10.1 Å². The second-order valence-electron chi connectivity index (χ2n) is 6.77. The van der Waals surface area contributed by atoms with Gasteiger partial charge in [-0.15, -0.1) is 0 Å². The minimum atomic E-state index is -0.339. The van der Waals surface area contributed by atoms with Crippen LogP contribution < -0.4 is 10.1 Å². The number of amides is 1. The van der Waals surface area contributed by atoms with Crippen molar-refractivity contribution in [2.24, 2.45) is 0 Å². The van der Waals surface area contributed by atoms with Gasteiger partial charge in [-0.05, 0) is 43.2 Å². The summed E-state index contributed by atoms with van der Waals surface area (Å²) in [6.07, 6.45) is 4.63. The van der Waals surface area contributed by atoms with Crippen LogP contribution in [-0.4, -0.2) is 20.9 Å². The predicted molar refractivity (Wildman–Crippen MR) is 116 cm³/mol. The Morgan fingerprint density at radius 3 is 2.40 bits per heavy atom. The van der Waals surface area contributed by atoms with Crippen LogP contribution in [-0.2, 0) is 0 Å². The molecule has 6 heteroatoms. The second-order valence-corrected chi connectivity index (χ2v) is 6.77. The van der Waals surface area contributed by atoms with E-state index < -0.39 is 0 Å². The van der Waals surface area contributed by atoms with Crippen LogP contribution in [0.25, 0.3) is 11.4 Å². The molecule has 0 radical (unpaired) electrons. The Hall–Kier alpha value is -4.06. The summed E-state index contributed by atoms with van der Waals surface area (Å²) >= 11 is 0. The molecule has 1 amide bonds. The molecule has 2 aromatic heterocycles. The molecular formula is C24H20N4O2. The maximum absolute atomic E-state index is 12.7. The van der Waals surface area contributed by atoms with Gasteiger partial charge in [0.05, 0.1) is 5.56 Å². The smallest absolute Gasteiger partial charge is 0.258 e. The lowest BCUT2D eigenvalue weighted by molar-refractivity contribution is 0.102. The quantitative estimate of drug-likeness (QED) is 0.502. The fraction of sp³-hybridized carbons (Fsp3) is 0.0833. The highest BCUT2D eigenvalue weighted by atomic mass is 16.5. The largest absolute Gasteiger partial charge is 0.437 e. The zero-order chi connectivity index (χ0) is 20.9. The highest BCUT2D eigenvalue weighted by molar-refractivity contribution is 6.04. The van der Waals surface area contributed by atoms with Crippen LogP contribution in [0, 0.1) is 13.8 Å². The van der Waals surface area contributed by atoms with E-state index in [0.29, 0.717) is 28.7 Å². The van der Waals surface area contributed by atoms with Crippen molar-refractivity contribution in [3.05, 3.63) is 95.9 Å². The number of pyridine rings is 1. The zero-order valence-electron chi connectivity index (χ0n) is 16.7. The summed E-state index contributed by atoms with van der Waals surface area (Å²) in [6, 6.07) is 18.9. The second kappa shape index (κ2) is 8.53. The summed E-state index contributed by atoms with van der Waals surface area (Å²) in [6.45, 7) is 4.00. The summed E-state index contributed by atoms with van der Waals surface area (Å²) in [5.41, 5.74) is 3.84. The first-order valence-electron chi connectivity index (χ1n) is 9.50. The molecule has 2 heterocycles. The Morgan fingerprint density at radius 1 is 0.867 bits per heavy atom. The average Bonchev–Trinajstić information content (AvgIpc) is 2.79. The third-order valence-corrected chi connectivity index (χ3v) is 4.73. The molecule has 4 rings (SSSR count). The zero-order valence-corrected chi connectivity index (χ0v) is 16.7. The number of aryl methyl sites for hydroxylation is 1. The lowest BCUT2D eigenvalue weighted by Crippen LogP contribution is -2.14. The number of nitrogens with one attached hydrogen (secondary N) is 1. The van der Waals surface area contributed by atoms with Gasteiger partial charge in [-0.3, -0.25) is 4.79 Å². The maximum atomic E-state index is 12.7. The summed E-state index contributed by atoms with van der Waals surface area (Å²) in [5.74, 6) is 1.24. The van der Waals surface area contributed by atoms with Crippen LogP contribution in [0.3, 0.4) is 0 Å². The molecule has 148 valence electrons. The highest BCUT2D eigenvalue weighted by Gasteiger charge is 2.14. The number of carbonyl (C=O) groups is 1. The average molecular weight is 396 g/mol. The molecule has 0 unspecified atom stereocenters. The first-order chi connectivity index (χ1) is 14.6. The van der Waals surface area contributed by atoms with E-state index in [4.69, 9.17) is 4.74 Å². The molecule has 0 bridgehead atoms. The van der Waals surface area contributed by atoms with Gasteiger partial charge in [0.1, 0.15) is 11.4 Å². The molecular weight excluding hydrogens is 376 g/mol. The number of hydrogen-bond donors (Lipinski definition) is 1. The minimum absolute atomic E-state index is 0.321. The molecule has 0 spiro atoms. The van der Waals surface area contributed by atoms with Crippen molar-refractivity contribution in [2.75, 3.05) is 5.32 Å². The molecule has 0 saturated carbocycles. The molecule has 1 N–H and O–H groups in total. The van der Waals surface area contributed by atoms with Gasteiger partial charge in [-0.2, -0.15) is 0 Å². The number of benzene rings is 2. The normalized spacial score (nSPS) is 10.5. The number of ether oxygens (including phenoxy) is 1. The first kappa shape index (κ1) is 19.3. The van der Waals surface area contributed by atoms with E-state index in [1.54, 1.807) is 18.3 Å². The summed E-state index contributed by atoms with van der Waals surface area (Å²) in [5, 5.41) is 2.83. The van der Waals surface area contributed by atoms with E-state index in [1.807, 2.05) is 62.4 Å². The molecule has 6 nitrogen and oxygen atoms in total. The van der Waals surface area contributed by atoms with E-state index in [0.717, 1.165) is 16.7 Å². The molecule has 0 aliphatic carbocycles. The Bertz CT molecular complexity index is 1180. The van der Waals surface area contributed by atoms with Crippen LogP contribution in [0.4, 0.5) is 5.69 Å². The predicted octanol–water partition coefficient (Wildman–Crippen LogP) is 5.20. The molecule has 2 aromatic carbocycles. The Labute approximate surface area is 174 Å². The molecule has 4 aromatic rings. The van der Waals surface area contributed by atoms with Crippen molar-refractivity contribution in [3.63, 3.8) is 0 Å². The molecule has 0 aliphatic heterocycles. The third-order valence-electron chi connectivity index (χ3n) is 4.73. The highest BCUT2D eigenvalue weighted by Crippen LogP contribution is 2.30.